The van der Waals surface area contributed by atoms with E-state index in [0.717, 1.165) is 26.0 Å². The third-order valence-electron chi connectivity index (χ3n) is 4.52. The maximum Gasteiger partial charge on any atom is 0.0713 e. The molecule has 0 aromatic carbocycles. The van der Waals surface area contributed by atoms with Gasteiger partial charge in [0.25, 0.3) is 0 Å². The number of hydrogen-bond acceptors (Lipinski definition) is 4. The highest BCUT2D eigenvalue weighted by Gasteiger charge is 2.38. The molecule has 2 heterocycles. The van der Waals surface area contributed by atoms with Crippen molar-refractivity contribution in [3.8, 4) is 0 Å². The largest absolute Gasteiger partial charge is 0.396 e. The smallest absolute Gasteiger partial charge is 0.0713 e. The molecule has 3 nitrogen and oxygen atoms in total. The summed E-state index contributed by atoms with van der Waals surface area (Å²) in [6, 6.07) is 0.640. The number of nitrogens with one attached hydrogen (secondary N) is 1. The molecule has 2 fully saturated rings. The van der Waals surface area contributed by atoms with Crippen LogP contribution in [-0.4, -0.2) is 48.0 Å². The summed E-state index contributed by atoms with van der Waals surface area (Å²) in [5.41, 5.74) is 0.194. The van der Waals surface area contributed by atoms with Crippen molar-refractivity contribution in [2.45, 2.75) is 57.1 Å². The molecule has 0 aliphatic carbocycles. The van der Waals surface area contributed by atoms with E-state index >= 15 is 0 Å². The number of thioether (sulfide) groups is 1. The first-order chi connectivity index (χ1) is 9.24. The van der Waals surface area contributed by atoms with Crippen molar-refractivity contribution in [3.05, 3.63) is 0 Å². The first-order valence-electron chi connectivity index (χ1n) is 7.80. The summed E-state index contributed by atoms with van der Waals surface area (Å²) in [4.78, 5) is 0. The van der Waals surface area contributed by atoms with Crippen LogP contribution in [0, 0.1) is 5.92 Å². The fourth-order valence-corrected chi connectivity index (χ4v) is 4.38. The van der Waals surface area contributed by atoms with Crippen LogP contribution >= 0.6 is 11.8 Å². The van der Waals surface area contributed by atoms with Crippen molar-refractivity contribution < 1.29 is 9.84 Å². The van der Waals surface area contributed by atoms with Crippen LogP contribution in [0.1, 0.15) is 45.4 Å². The molecule has 0 amide bonds. The molecule has 4 heteroatoms. The van der Waals surface area contributed by atoms with E-state index < -0.39 is 0 Å². The topological polar surface area (TPSA) is 41.5 Å². The molecule has 0 aromatic heterocycles. The number of hydrogen-bond donors (Lipinski definition) is 2. The first kappa shape index (κ1) is 15.6. The van der Waals surface area contributed by atoms with Crippen molar-refractivity contribution >= 4 is 11.8 Å². The van der Waals surface area contributed by atoms with Gasteiger partial charge in [-0.2, -0.15) is 11.8 Å². The van der Waals surface area contributed by atoms with Crippen LogP contribution in [0.3, 0.4) is 0 Å². The molecule has 0 radical (unpaired) electrons. The van der Waals surface area contributed by atoms with Gasteiger partial charge in [-0.1, -0.05) is 6.92 Å². The highest BCUT2D eigenvalue weighted by molar-refractivity contribution is 7.99. The van der Waals surface area contributed by atoms with E-state index in [-0.39, 0.29) is 5.60 Å². The van der Waals surface area contributed by atoms with Gasteiger partial charge >= 0.3 is 0 Å². The van der Waals surface area contributed by atoms with E-state index in [1.165, 1.54) is 37.2 Å². The van der Waals surface area contributed by atoms with Crippen LogP contribution in [0.2, 0.25) is 0 Å². The van der Waals surface area contributed by atoms with E-state index in [9.17, 15) is 0 Å². The molecule has 0 aromatic rings. The number of ether oxygens (including phenoxy) is 1. The Hall–Kier alpha value is 0.230. The Morgan fingerprint density at radius 3 is 2.95 bits per heavy atom. The molecule has 0 bridgehead atoms. The van der Waals surface area contributed by atoms with Crippen LogP contribution in [0.4, 0.5) is 0 Å². The van der Waals surface area contributed by atoms with E-state index in [2.05, 4.69) is 24.0 Å². The summed E-state index contributed by atoms with van der Waals surface area (Å²) in [5, 5.41) is 12.7. The Labute approximate surface area is 121 Å². The number of aliphatic hydroxyl groups excluding tert-OH is 1. The molecular formula is C15H29NO2S. The molecule has 112 valence electrons. The first-order valence-corrected chi connectivity index (χ1v) is 8.95. The van der Waals surface area contributed by atoms with Gasteiger partial charge in [0.1, 0.15) is 0 Å². The Morgan fingerprint density at radius 2 is 2.21 bits per heavy atom. The third-order valence-corrected chi connectivity index (χ3v) is 5.50. The van der Waals surface area contributed by atoms with Crippen LogP contribution in [0.25, 0.3) is 0 Å². The van der Waals surface area contributed by atoms with Gasteiger partial charge in [-0.25, -0.2) is 0 Å². The number of rotatable bonds is 6. The fourth-order valence-electron chi connectivity index (χ4n) is 3.14. The summed E-state index contributed by atoms with van der Waals surface area (Å²) >= 11 is 2.07. The standard InChI is InChI=1S/C15H29NO2S/c1-13(12-17)3-2-7-16-14-4-8-18-15(11-14)5-9-19-10-6-15/h13-14,16-17H,2-12H2,1H3. The lowest BCUT2D eigenvalue weighted by Gasteiger charge is -2.43. The minimum Gasteiger partial charge on any atom is -0.396 e. The molecule has 1 spiro atoms. The Kier molecular flexibility index (Phi) is 6.46. The van der Waals surface area contributed by atoms with Gasteiger partial charge in [0, 0.05) is 19.3 Å². The third kappa shape index (κ3) is 4.92. The molecule has 0 saturated carbocycles. The Bertz CT molecular complexity index is 251. The van der Waals surface area contributed by atoms with Crippen molar-refractivity contribution in [2.75, 3.05) is 31.3 Å². The molecule has 2 rings (SSSR count). The summed E-state index contributed by atoms with van der Waals surface area (Å²) in [5.74, 6) is 2.97. The van der Waals surface area contributed by atoms with Crippen molar-refractivity contribution in [1.82, 2.24) is 5.32 Å². The lowest BCUT2D eigenvalue weighted by atomic mass is 9.85. The monoisotopic (exact) mass is 287 g/mol. The fraction of sp³-hybridized carbons (Fsp3) is 1.00. The molecule has 2 aliphatic heterocycles. The summed E-state index contributed by atoms with van der Waals surface area (Å²) in [7, 11) is 0. The Balaban J connectivity index is 1.66. The van der Waals surface area contributed by atoms with E-state index in [1.807, 2.05) is 0 Å². The second kappa shape index (κ2) is 7.87. The van der Waals surface area contributed by atoms with Crippen LogP contribution < -0.4 is 5.32 Å². The van der Waals surface area contributed by atoms with Gasteiger partial charge in [0.15, 0.2) is 0 Å². The SMILES string of the molecule is CC(CO)CCCNC1CCOC2(CCSCC2)C1. The highest BCUT2D eigenvalue weighted by Crippen LogP contribution is 2.37. The normalized spacial score (nSPS) is 28.4. The molecule has 2 unspecified atom stereocenters. The molecule has 2 saturated heterocycles. The lowest BCUT2D eigenvalue weighted by molar-refractivity contribution is -0.0931. The van der Waals surface area contributed by atoms with Crippen molar-refractivity contribution in [1.29, 1.82) is 0 Å². The summed E-state index contributed by atoms with van der Waals surface area (Å²) in [6.45, 7) is 4.44. The summed E-state index contributed by atoms with van der Waals surface area (Å²) in [6.07, 6.45) is 7.11. The van der Waals surface area contributed by atoms with E-state index in [0.29, 0.717) is 18.6 Å². The second-order valence-electron chi connectivity index (χ2n) is 6.22. The zero-order valence-corrected chi connectivity index (χ0v) is 13.0. The van der Waals surface area contributed by atoms with Gasteiger partial charge in [-0.15, -0.1) is 0 Å². The van der Waals surface area contributed by atoms with Gasteiger partial charge in [-0.05, 0) is 62.5 Å². The maximum atomic E-state index is 9.01. The highest BCUT2D eigenvalue weighted by atomic mass is 32.2. The molecule has 2 N–H and O–H groups in total. The Morgan fingerprint density at radius 1 is 1.42 bits per heavy atom. The minimum atomic E-state index is 0.194. The minimum absolute atomic E-state index is 0.194. The average Bonchev–Trinajstić information content (AvgIpc) is 2.44. The molecule has 2 atom stereocenters. The lowest BCUT2D eigenvalue weighted by Crippen LogP contribution is -2.49. The quantitative estimate of drug-likeness (QED) is 0.736. The van der Waals surface area contributed by atoms with Gasteiger partial charge < -0.3 is 15.2 Å². The van der Waals surface area contributed by atoms with Crippen molar-refractivity contribution in [2.24, 2.45) is 5.92 Å². The van der Waals surface area contributed by atoms with E-state index in [1.54, 1.807) is 0 Å². The average molecular weight is 287 g/mol. The zero-order valence-electron chi connectivity index (χ0n) is 12.2. The molecular weight excluding hydrogens is 258 g/mol. The molecule has 2 aliphatic rings. The van der Waals surface area contributed by atoms with Crippen LogP contribution in [0.15, 0.2) is 0 Å². The van der Waals surface area contributed by atoms with E-state index in [4.69, 9.17) is 9.84 Å². The summed E-state index contributed by atoms with van der Waals surface area (Å²) < 4.78 is 6.11. The van der Waals surface area contributed by atoms with Gasteiger partial charge in [0.2, 0.25) is 0 Å². The molecule has 19 heavy (non-hydrogen) atoms. The van der Waals surface area contributed by atoms with Gasteiger partial charge in [0.05, 0.1) is 5.60 Å². The predicted molar refractivity (Wildman–Crippen MR) is 81.8 cm³/mol. The second-order valence-corrected chi connectivity index (χ2v) is 7.44. The zero-order chi connectivity index (χ0) is 13.6. The number of aliphatic hydroxyl groups is 1. The van der Waals surface area contributed by atoms with Crippen LogP contribution in [0.5, 0.6) is 0 Å². The predicted octanol–water partition coefficient (Wildman–Crippen LogP) is 2.43. The van der Waals surface area contributed by atoms with Crippen molar-refractivity contribution in [3.63, 3.8) is 0 Å². The van der Waals surface area contributed by atoms with Crippen LogP contribution in [-0.2, 0) is 4.74 Å². The maximum absolute atomic E-state index is 9.01. The van der Waals surface area contributed by atoms with Gasteiger partial charge in [-0.3, -0.25) is 0 Å².